The number of carboxylic acids is 1. The summed E-state index contributed by atoms with van der Waals surface area (Å²) in [5.74, 6) is -0.699. The predicted octanol–water partition coefficient (Wildman–Crippen LogP) is -0.513. The second-order valence-electron chi connectivity index (χ2n) is 5.29. The number of carboxylic acid groups (broad SMARTS) is 1. The second-order valence-corrected chi connectivity index (χ2v) is 5.29. The summed E-state index contributed by atoms with van der Waals surface area (Å²) in [6.45, 7) is 3.38. The lowest BCUT2D eigenvalue weighted by atomic mass is 9.76. The maximum Gasteiger partial charge on any atom is 0.304 e. The molecule has 102 valence electrons. The Bertz CT molecular complexity index is 333. The molecule has 1 saturated carbocycles. The first kappa shape index (κ1) is 13.3. The van der Waals surface area contributed by atoms with Gasteiger partial charge >= 0.3 is 5.97 Å². The summed E-state index contributed by atoms with van der Waals surface area (Å²) in [7, 11) is 0. The Morgan fingerprint density at radius 2 is 1.78 bits per heavy atom. The summed E-state index contributed by atoms with van der Waals surface area (Å²) in [4.78, 5) is 26.6. The molecule has 1 saturated heterocycles. The molecule has 0 bridgehead atoms. The Hall–Kier alpha value is -1.14. The number of carbonyl (C=O) groups is 2. The van der Waals surface area contributed by atoms with Gasteiger partial charge in [0.2, 0.25) is 5.91 Å². The molecule has 0 radical (unpaired) electrons. The smallest absolute Gasteiger partial charge is 0.304 e. The monoisotopic (exact) mass is 255 g/mol. The molecule has 2 fully saturated rings. The van der Waals surface area contributed by atoms with Gasteiger partial charge in [-0.1, -0.05) is 0 Å². The Morgan fingerprint density at radius 3 is 2.22 bits per heavy atom. The van der Waals surface area contributed by atoms with Crippen LogP contribution >= 0.6 is 0 Å². The van der Waals surface area contributed by atoms with Crippen LogP contribution in [-0.2, 0) is 9.59 Å². The first-order valence-electron chi connectivity index (χ1n) is 6.54. The molecule has 6 nitrogen and oxygen atoms in total. The summed E-state index contributed by atoms with van der Waals surface area (Å²) in [5.41, 5.74) is 5.42. The number of aliphatic carboxylic acids is 1. The van der Waals surface area contributed by atoms with Crippen LogP contribution in [0.1, 0.15) is 25.7 Å². The van der Waals surface area contributed by atoms with Gasteiger partial charge in [0.25, 0.3) is 0 Å². The number of carbonyl (C=O) groups excluding carboxylic acids is 1. The minimum absolute atomic E-state index is 0.0756. The number of amides is 1. The SMILES string of the molecule is NC1(C(=O)N2CCN(CCC(=O)O)CC2)CCC1. The van der Waals surface area contributed by atoms with E-state index < -0.39 is 11.5 Å². The van der Waals surface area contributed by atoms with E-state index in [-0.39, 0.29) is 12.3 Å². The van der Waals surface area contributed by atoms with Crippen molar-refractivity contribution in [2.45, 2.75) is 31.2 Å². The highest BCUT2D eigenvalue weighted by atomic mass is 16.4. The first-order valence-corrected chi connectivity index (χ1v) is 6.54. The normalized spacial score (nSPS) is 23.5. The number of rotatable bonds is 4. The second kappa shape index (κ2) is 5.24. The van der Waals surface area contributed by atoms with E-state index in [1.807, 2.05) is 4.90 Å². The van der Waals surface area contributed by atoms with Gasteiger partial charge in [0.15, 0.2) is 0 Å². The maximum absolute atomic E-state index is 12.2. The van der Waals surface area contributed by atoms with Crippen LogP contribution in [0.25, 0.3) is 0 Å². The van der Waals surface area contributed by atoms with Crippen molar-refractivity contribution in [2.24, 2.45) is 5.73 Å². The number of nitrogens with two attached hydrogens (primary N) is 1. The van der Waals surface area contributed by atoms with E-state index in [4.69, 9.17) is 10.8 Å². The Kier molecular flexibility index (Phi) is 3.87. The van der Waals surface area contributed by atoms with Crippen molar-refractivity contribution in [2.75, 3.05) is 32.7 Å². The molecular weight excluding hydrogens is 234 g/mol. The molecule has 0 aromatic heterocycles. The topological polar surface area (TPSA) is 86.9 Å². The molecule has 0 aromatic rings. The molecule has 18 heavy (non-hydrogen) atoms. The van der Waals surface area contributed by atoms with E-state index in [1.165, 1.54) is 0 Å². The third-order valence-corrected chi connectivity index (χ3v) is 3.97. The zero-order valence-corrected chi connectivity index (χ0v) is 10.6. The van der Waals surface area contributed by atoms with Gasteiger partial charge in [-0.25, -0.2) is 0 Å². The van der Waals surface area contributed by atoms with Crippen LogP contribution in [0.3, 0.4) is 0 Å². The largest absolute Gasteiger partial charge is 0.481 e. The number of hydrogen-bond acceptors (Lipinski definition) is 4. The Morgan fingerprint density at radius 1 is 1.17 bits per heavy atom. The zero-order valence-electron chi connectivity index (χ0n) is 10.6. The summed E-state index contributed by atoms with van der Waals surface area (Å²) in [5, 5.41) is 8.62. The van der Waals surface area contributed by atoms with Crippen LogP contribution in [0.15, 0.2) is 0 Å². The molecule has 0 spiro atoms. The molecule has 2 aliphatic rings. The summed E-state index contributed by atoms with van der Waals surface area (Å²) in [6, 6.07) is 0. The maximum atomic E-state index is 12.2. The lowest BCUT2D eigenvalue weighted by Gasteiger charge is -2.43. The van der Waals surface area contributed by atoms with Crippen molar-refractivity contribution in [3.63, 3.8) is 0 Å². The average Bonchev–Trinajstić information content (AvgIpc) is 2.33. The minimum atomic E-state index is -0.774. The van der Waals surface area contributed by atoms with Crippen molar-refractivity contribution < 1.29 is 14.7 Å². The Balaban J connectivity index is 1.76. The summed E-state index contributed by atoms with van der Waals surface area (Å²) in [6.07, 6.45) is 2.80. The molecule has 1 aliphatic heterocycles. The highest BCUT2D eigenvalue weighted by molar-refractivity contribution is 5.87. The fraction of sp³-hybridized carbons (Fsp3) is 0.833. The fourth-order valence-corrected chi connectivity index (χ4v) is 2.51. The summed E-state index contributed by atoms with van der Waals surface area (Å²) >= 11 is 0. The van der Waals surface area contributed by atoms with Gasteiger partial charge in [-0.15, -0.1) is 0 Å². The molecule has 2 rings (SSSR count). The molecule has 1 amide bonds. The van der Waals surface area contributed by atoms with Crippen LogP contribution in [0.4, 0.5) is 0 Å². The van der Waals surface area contributed by atoms with Gasteiger partial charge < -0.3 is 15.7 Å². The van der Waals surface area contributed by atoms with Crippen molar-refractivity contribution in [1.29, 1.82) is 0 Å². The van der Waals surface area contributed by atoms with Crippen molar-refractivity contribution in [3.8, 4) is 0 Å². The van der Waals surface area contributed by atoms with E-state index >= 15 is 0 Å². The van der Waals surface area contributed by atoms with Crippen molar-refractivity contribution >= 4 is 11.9 Å². The van der Waals surface area contributed by atoms with Crippen LogP contribution in [0.2, 0.25) is 0 Å². The zero-order chi connectivity index (χ0) is 13.2. The summed E-state index contributed by atoms with van der Waals surface area (Å²) < 4.78 is 0. The van der Waals surface area contributed by atoms with Crippen LogP contribution in [-0.4, -0.2) is 65.0 Å². The molecule has 0 atom stereocenters. The van der Waals surface area contributed by atoms with Crippen molar-refractivity contribution in [1.82, 2.24) is 9.80 Å². The third-order valence-electron chi connectivity index (χ3n) is 3.97. The molecule has 0 aromatic carbocycles. The molecule has 1 aliphatic carbocycles. The minimum Gasteiger partial charge on any atom is -0.481 e. The lowest BCUT2D eigenvalue weighted by molar-refractivity contribution is -0.143. The van der Waals surface area contributed by atoms with Crippen molar-refractivity contribution in [3.05, 3.63) is 0 Å². The molecule has 6 heteroatoms. The van der Waals surface area contributed by atoms with E-state index in [0.717, 1.165) is 32.4 Å². The highest BCUT2D eigenvalue weighted by Gasteiger charge is 2.43. The highest BCUT2D eigenvalue weighted by Crippen LogP contribution is 2.31. The van der Waals surface area contributed by atoms with Gasteiger partial charge in [0.1, 0.15) is 0 Å². The number of piperazine rings is 1. The molecule has 0 unspecified atom stereocenters. The van der Waals surface area contributed by atoms with Gasteiger partial charge in [0.05, 0.1) is 12.0 Å². The average molecular weight is 255 g/mol. The number of nitrogens with zero attached hydrogens (tertiary/aromatic N) is 2. The van der Waals surface area contributed by atoms with E-state index in [9.17, 15) is 9.59 Å². The van der Waals surface area contributed by atoms with E-state index in [1.54, 1.807) is 0 Å². The fourth-order valence-electron chi connectivity index (χ4n) is 2.51. The predicted molar refractivity (Wildman–Crippen MR) is 66.0 cm³/mol. The van der Waals surface area contributed by atoms with Crippen LogP contribution < -0.4 is 5.73 Å². The van der Waals surface area contributed by atoms with Gasteiger partial charge in [0, 0.05) is 32.7 Å². The molecule has 1 heterocycles. The third kappa shape index (κ3) is 2.81. The Labute approximate surface area is 107 Å². The van der Waals surface area contributed by atoms with E-state index in [0.29, 0.717) is 19.6 Å². The van der Waals surface area contributed by atoms with E-state index in [2.05, 4.69) is 4.90 Å². The van der Waals surface area contributed by atoms with Gasteiger partial charge in [-0.2, -0.15) is 0 Å². The van der Waals surface area contributed by atoms with Gasteiger partial charge in [-0.3, -0.25) is 14.5 Å². The van der Waals surface area contributed by atoms with Gasteiger partial charge in [-0.05, 0) is 19.3 Å². The molecule has 3 N–H and O–H groups in total. The first-order chi connectivity index (χ1) is 8.51. The van der Waals surface area contributed by atoms with Crippen LogP contribution in [0, 0.1) is 0 Å². The standard InChI is InChI=1S/C12H21N3O3/c13-12(3-1-4-12)11(18)15-8-6-14(7-9-15)5-2-10(16)17/h1-9,13H2,(H,16,17). The quantitative estimate of drug-likeness (QED) is 0.706. The lowest BCUT2D eigenvalue weighted by Crippen LogP contribution is -2.62. The van der Waals surface area contributed by atoms with Crippen LogP contribution in [0.5, 0.6) is 0 Å². The number of hydrogen-bond donors (Lipinski definition) is 2. The molecular formula is C12H21N3O3.